The minimum absolute atomic E-state index is 0.0138. The third kappa shape index (κ3) is 2.04. The molecule has 1 saturated heterocycles. The van der Waals surface area contributed by atoms with Crippen molar-refractivity contribution in [3.63, 3.8) is 0 Å². The maximum Gasteiger partial charge on any atom is 0.289 e. The van der Waals surface area contributed by atoms with Crippen LogP contribution in [0.2, 0.25) is 0 Å². The Morgan fingerprint density at radius 1 is 1.50 bits per heavy atom. The summed E-state index contributed by atoms with van der Waals surface area (Å²) in [7, 11) is 0. The van der Waals surface area contributed by atoms with E-state index >= 15 is 0 Å². The molecule has 2 heterocycles. The van der Waals surface area contributed by atoms with E-state index in [1.54, 1.807) is 29.2 Å². The fraction of sp³-hybridized carbons (Fsp3) is 0.400. The molecule has 20 heavy (non-hydrogen) atoms. The molecule has 106 valence electrons. The minimum atomic E-state index is -0.164. The van der Waals surface area contributed by atoms with Crippen LogP contribution in [0.15, 0.2) is 28.7 Å². The highest BCUT2D eigenvalue weighted by Crippen LogP contribution is 2.28. The van der Waals surface area contributed by atoms with Crippen LogP contribution in [0.1, 0.15) is 23.9 Å². The Morgan fingerprint density at radius 3 is 3.05 bits per heavy atom. The van der Waals surface area contributed by atoms with E-state index in [0.29, 0.717) is 29.5 Å². The number of carbonyl (C=O) groups is 1. The van der Waals surface area contributed by atoms with Crippen molar-refractivity contribution in [3.8, 4) is 0 Å². The zero-order valence-electron chi connectivity index (χ0n) is 11.4. The number of aliphatic hydroxyl groups excluding tert-OH is 1. The zero-order valence-corrected chi connectivity index (χ0v) is 11.4. The lowest BCUT2D eigenvalue weighted by molar-refractivity contribution is 0.0619. The third-order valence-electron chi connectivity index (χ3n) is 4.08. The topological polar surface area (TPSA) is 79.7 Å². The first-order valence-corrected chi connectivity index (χ1v) is 6.81. The summed E-state index contributed by atoms with van der Waals surface area (Å²) in [5.74, 6) is 0.449. The van der Waals surface area contributed by atoms with Crippen molar-refractivity contribution in [2.45, 2.75) is 19.4 Å². The van der Waals surface area contributed by atoms with Crippen LogP contribution >= 0.6 is 0 Å². The van der Waals surface area contributed by atoms with E-state index in [0.717, 1.165) is 11.8 Å². The lowest BCUT2D eigenvalue weighted by Gasteiger charge is -2.24. The summed E-state index contributed by atoms with van der Waals surface area (Å²) < 4.78 is 5.60. The van der Waals surface area contributed by atoms with Crippen molar-refractivity contribution in [1.29, 1.82) is 0 Å². The predicted octanol–water partition coefficient (Wildman–Crippen LogP) is 1.86. The largest absolute Gasteiger partial charge is 0.451 e. The molecule has 2 unspecified atom stereocenters. The molecule has 5 nitrogen and oxygen atoms in total. The van der Waals surface area contributed by atoms with Gasteiger partial charge in [-0.25, -0.2) is 0 Å². The van der Waals surface area contributed by atoms with Gasteiger partial charge in [-0.1, -0.05) is 6.92 Å². The normalized spacial score (nSPS) is 22.6. The van der Waals surface area contributed by atoms with Gasteiger partial charge >= 0.3 is 0 Å². The Balaban J connectivity index is 1.92. The Kier molecular flexibility index (Phi) is 3.14. The number of nitrogens with zero attached hydrogens (tertiary/aromatic N) is 1. The fourth-order valence-electron chi connectivity index (χ4n) is 2.85. The van der Waals surface area contributed by atoms with Crippen molar-refractivity contribution in [2.75, 3.05) is 18.9 Å². The van der Waals surface area contributed by atoms with Gasteiger partial charge < -0.3 is 20.2 Å². The van der Waals surface area contributed by atoms with Gasteiger partial charge in [-0.15, -0.1) is 0 Å². The quantitative estimate of drug-likeness (QED) is 0.819. The molecular formula is C15H18N2O3. The van der Waals surface area contributed by atoms with Crippen LogP contribution in [0.3, 0.4) is 0 Å². The van der Waals surface area contributed by atoms with Gasteiger partial charge in [0.25, 0.3) is 5.91 Å². The number of benzene rings is 1. The number of carbonyl (C=O) groups excluding carboxylic acids is 1. The number of aliphatic hydroxyl groups is 1. The summed E-state index contributed by atoms with van der Waals surface area (Å²) in [6.07, 6.45) is 0.907. The maximum absolute atomic E-state index is 12.5. The van der Waals surface area contributed by atoms with Gasteiger partial charge in [0.1, 0.15) is 5.58 Å². The third-order valence-corrected chi connectivity index (χ3v) is 4.08. The van der Waals surface area contributed by atoms with E-state index < -0.39 is 0 Å². The number of likely N-dealkylation sites (tertiary alicyclic amines) is 1. The van der Waals surface area contributed by atoms with E-state index in [9.17, 15) is 9.90 Å². The van der Waals surface area contributed by atoms with E-state index in [1.165, 1.54) is 0 Å². The number of hydrogen-bond acceptors (Lipinski definition) is 4. The number of rotatable bonds is 2. The molecule has 1 aromatic carbocycles. The second-order valence-corrected chi connectivity index (χ2v) is 5.42. The SMILES string of the molecule is CC1CCN(C(=O)c2cc3cc(N)ccc3o2)C1CO. The summed E-state index contributed by atoms with van der Waals surface area (Å²) >= 11 is 0. The lowest BCUT2D eigenvalue weighted by Crippen LogP contribution is -2.39. The van der Waals surface area contributed by atoms with Gasteiger partial charge in [0.2, 0.25) is 0 Å². The van der Waals surface area contributed by atoms with Gasteiger partial charge in [0.15, 0.2) is 5.76 Å². The van der Waals surface area contributed by atoms with Crippen molar-refractivity contribution >= 4 is 22.6 Å². The van der Waals surface area contributed by atoms with E-state index in [4.69, 9.17) is 10.2 Å². The number of nitrogens with two attached hydrogens (primary N) is 1. The van der Waals surface area contributed by atoms with Crippen LogP contribution < -0.4 is 5.73 Å². The number of amides is 1. The molecule has 0 spiro atoms. The minimum Gasteiger partial charge on any atom is -0.451 e. The van der Waals surface area contributed by atoms with E-state index in [1.807, 2.05) is 6.92 Å². The molecular weight excluding hydrogens is 256 g/mol. The molecule has 0 radical (unpaired) electrons. The molecule has 0 aliphatic carbocycles. The van der Waals surface area contributed by atoms with E-state index in [-0.39, 0.29) is 18.6 Å². The van der Waals surface area contributed by atoms with Crippen LogP contribution in [0.5, 0.6) is 0 Å². The van der Waals surface area contributed by atoms with Crippen molar-refractivity contribution in [2.24, 2.45) is 5.92 Å². The highest BCUT2D eigenvalue weighted by atomic mass is 16.3. The van der Waals surface area contributed by atoms with Crippen LogP contribution in [-0.4, -0.2) is 35.1 Å². The number of anilines is 1. The summed E-state index contributed by atoms with van der Waals surface area (Å²) in [5.41, 5.74) is 7.01. The second-order valence-electron chi connectivity index (χ2n) is 5.42. The van der Waals surface area contributed by atoms with Crippen LogP contribution in [0.25, 0.3) is 11.0 Å². The Bertz CT molecular complexity index is 650. The Labute approximate surface area is 117 Å². The number of hydrogen-bond donors (Lipinski definition) is 2. The average molecular weight is 274 g/mol. The Hall–Kier alpha value is -2.01. The van der Waals surface area contributed by atoms with Crippen LogP contribution in [0.4, 0.5) is 5.69 Å². The molecule has 3 rings (SSSR count). The van der Waals surface area contributed by atoms with Gasteiger partial charge in [-0.2, -0.15) is 0 Å². The Morgan fingerprint density at radius 2 is 2.30 bits per heavy atom. The first kappa shape index (κ1) is 13.0. The van der Waals surface area contributed by atoms with Crippen LogP contribution in [-0.2, 0) is 0 Å². The molecule has 1 aliphatic rings. The van der Waals surface area contributed by atoms with Crippen molar-refractivity contribution in [3.05, 3.63) is 30.0 Å². The second kappa shape index (κ2) is 4.83. The summed E-state index contributed by atoms with van der Waals surface area (Å²) in [5, 5.41) is 10.3. The average Bonchev–Trinajstić information content (AvgIpc) is 3.00. The number of fused-ring (bicyclic) bond motifs is 1. The summed E-state index contributed by atoms with van der Waals surface area (Å²) in [6.45, 7) is 2.69. The van der Waals surface area contributed by atoms with Gasteiger partial charge in [-0.3, -0.25) is 4.79 Å². The molecule has 2 atom stereocenters. The van der Waals surface area contributed by atoms with Crippen molar-refractivity contribution in [1.82, 2.24) is 4.90 Å². The first-order valence-electron chi connectivity index (χ1n) is 6.81. The highest BCUT2D eigenvalue weighted by Gasteiger charge is 2.35. The monoisotopic (exact) mass is 274 g/mol. The fourth-order valence-corrected chi connectivity index (χ4v) is 2.85. The zero-order chi connectivity index (χ0) is 14.3. The first-order chi connectivity index (χ1) is 9.60. The molecule has 0 saturated carbocycles. The van der Waals surface area contributed by atoms with Gasteiger partial charge in [-0.05, 0) is 36.6 Å². The molecule has 1 fully saturated rings. The predicted molar refractivity (Wildman–Crippen MR) is 76.3 cm³/mol. The maximum atomic E-state index is 12.5. The number of nitrogen functional groups attached to an aromatic ring is 1. The summed E-state index contributed by atoms with van der Waals surface area (Å²) in [6, 6.07) is 6.88. The molecule has 3 N–H and O–H groups in total. The molecule has 2 aromatic rings. The summed E-state index contributed by atoms with van der Waals surface area (Å²) in [4.78, 5) is 14.2. The van der Waals surface area contributed by atoms with Gasteiger partial charge in [0, 0.05) is 17.6 Å². The molecule has 1 aliphatic heterocycles. The smallest absolute Gasteiger partial charge is 0.289 e. The molecule has 0 bridgehead atoms. The standard InChI is InChI=1S/C15H18N2O3/c1-9-4-5-17(12(9)8-18)15(19)14-7-10-6-11(16)2-3-13(10)20-14/h2-3,6-7,9,12,18H,4-5,8,16H2,1H3. The number of furan rings is 1. The molecule has 5 heteroatoms. The lowest BCUT2D eigenvalue weighted by atomic mass is 10.0. The molecule has 1 aromatic heterocycles. The molecule has 1 amide bonds. The van der Waals surface area contributed by atoms with Crippen LogP contribution in [0, 0.1) is 5.92 Å². The van der Waals surface area contributed by atoms with Gasteiger partial charge in [0.05, 0.1) is 12.6 Å². The van der Waals surface area contributed by atoms with Crippen molar-refractivity contribution < 1.29 is 14.3 Å². The van der Waals surface area contributed by atoms with E-state index in [2.05, 4.69) is 0 Å². The highest BCUT2D eigenvalue weighted by molar-refractivity contribution is 5.97.